The van der Waals surface area contributed by atoms with Gasteiger partial charge in [-0.25, -0.2) is 0 Å². The number of anilines is 1. The van der Waals surface area contributed by atoms with Crippen LogP contribution < -0.4 is 15.4 Å². The van der Waals surface area contributed by atoms with E-state index >= 15 is 0 Å². The molecule has 2 rings (SSSR count). The first-order valence-electron chi connectivity index (χ1n) is 6.75. The Kier molecular flexibility index (Phi) is 4.81. The summed E-state index contributed by atoms with van der Waals surface area (Å²) >= 11 is 0. The monoisotopic (exact) mass is 312 g/mol. The van der Waals surface area contributed by atoms with Crippen molar-refractivity contribution in [2.75, 3.05) is 37.9 Å². The molecule has 1 amide bonds. The molecule has 1 aliphatic rings. The Morgan fingerprint density at radius 2 is 1.95 bits per heavy atom. The number of piperazine rings is 1. The molecule has 8 heteroatoms. The van der Waals surface area contributed by atoms with Gasteiger partial charge in [0.25, 0.3) is 5.91 Å². The Labute approximate surface area is 124 Å². The normalized spacial score (nSPS) is 16.5. The van der Waals surface area contributed by atoms with E-state index in [0.717, 1.165) is 0 Å². The standard InChI is InChI=1S/C13H20N4O3S/c1-10-9-11(13(18)14-2)3-4-12(10)16-21(19,20)17-7-5-15-6-8-17/h3-4,9,15-16H,5-8H2,1-2H3,(H,14,18). The second-order valence-corrected chi connectivity index (χ2v) is 6.54. The van der Waals surface area contributed by atoms with Crippen molar-refractivity contribution >= 4 is 21.8 Å². The van der Waals surface area contributed by atoms with Gasteiger partial charge in [0.2, 0.25) is 0 Å². The highest BCUT2D eigenvalue weighted by Crippen LogP contribution is 2.19. The van der Waals surface area contributed by atoms with Crippen LogP contribution in [0.3, 0.4) is 0 Å². The number of aryl methyl sites for hydroxylation is 1. The number of hydrogen-bond donors (Lipinski definition) is 3. The molecule has 7 nitrogen and oxygen atoms in total. The first kappa shape index (κ1) is 15.7. The third-order valence-corrected chi connectivity index (χ3v) is 4.89. The smallest absolute Gasteiger partial charge is 0.301 e. The highest BCUT2D eigenvalue weighted by atomic mass is 32.2. The van der Waals surface area contributed by atoms with Gasteiger partial charge in [0.05, 0.1) is 5.69 Å². The van der Waals surface area contributed by atoms with E-state index < -0.39 is 10.2 Å². The first-order valence-corrected chi connectivity index (χ1v) is 8.19. The maximum Gasteiger partial charge on any atom is 0.301 e. The van der Waals surface area contributed by atoms with E-state index in [1.54, 1.807) is 32.2 Å². The van der Waals surface area contributed by atoms with Gasteiger partial charge in [0.15, 0.2) is 0 Å². The molecule has 1 aliphatic heterocycles. The zero-order valence-corrected chi connectivity index (χ0v) is 13.0. The van der Waals surface area contributed by atoms with Gasteiger partial charge in [-0.1, -0.05) is 0 Å². The van der Waals surface area contributed by atoms with Crippen LogP contribution >= 0.6 is 0 Å². The van der Waals surface area contributed by atoms with Crippen molar-refractivity contribution < 1.29 is 13.2 Å². The molecule has 0 saturated carbocycles. The Balaban J connectivity index is 2.17. The molecule has 0 radical (unpaired) electrons. The molecule has 0 unspecified atom stereocenters. The van der Waals surface area contributed by atoms with Gasteiger partial charge in [-0.05, 0) is 30.7 Å². The zero-order valence-electron chi connectivity index (χ0n) is 12.1. The Morgan fingerprint density at radius 1 is 1.29 bits per heavy atom. The van der Waals surface area contributed by atoms with E-state index in [1.165, 1.54) is 4.31 Å². The molecule has 116 valence electrons. The molecule has 0 bridgehead atoms. The van der Waals surface area contributed by atoms with Crippen molar-refractivity contribution in [2.24, 2.45) is 0 Å². The summed E-state index contributed by atoms with van der Waals surface area (Å²) in [5.74, 6) is -0.199. The topological polar surface area (TPSA) is 90.5 Å². The van der Waals surface area contributed by atoms with Crippen molar-refractivity contribution in [3.05, 3.63) is 29.3 Å². The van der Waals surface area contributed by atoms with Crippen LogP contribution in [-0.2, 0) is 10.2 Å². The van der Waals surface area contributed by atoms with E-state index in [0.29, 0.717) is 43.0 Å². The average molecular weight is 312 g/mol. The molecular formula is C13H20N4O3S. The molecule has 1 heterocycles. The summed E-state index contributed by atoms with van der Waals surface area (Å²) in [6.45, 7) is 3.96. The number of hydrogen-bond acceptors (Lipinski definition) is 4. The predicted molar refractivity (Wildman–Crippen MR) is 81.6 cm³/mol. The minimum Gasteiger partial charge on any atom is -0.355 e. The first-order chi connectivity index (χ1) is 9.94. The number of carbonyl (C=O) groups is 1. The Morgan fingerprint density at radius 3 is 2.52 bits per heavy atom. The van der Waals surface area contributed by atoms with Gasteiger partial charge < -0.3 is 10.6 Å². The number of carbonyl (C=O) groups excluding carboxylic acids is 1. The van der Waals surface area contributed by atoms with Crippen molar-refractivity contribution in [1.82, 2.24) is 14.9 Å². The lowest BCUT2D eigenvalue weighted by Crippen LogP contribution is -2.48. The van der Waals surface area contributed by atoms with E-state index in [2.05, 4.69) is 15.4 Å². The molecule has 0 aliphatic carbocycles. The summed E-state index contributed by atoms with van der Waals surface area (Å²) < 4.78 is 28.6. The number of nitrogens with zero attached hydrogens (tertiary/aromatic N) is 1. The fraction of sp³-hybridized carbons (Fsp3) is 0.462. The van der Waals surface area contributed by atoms with Crippen LogP contribution in [0.25, 0.3) is 0 Å². The summed E-state index contributed by atoms with van der Waals surface area (Å²) in [6.07, 6.45) is 0. The second-order valence-electron chi connectivity index (χ2n) is 4.86. The average Bonchev–Trinajstić information content (AvgIpc) is 2.49. The predicted octanol–water partition coefficient (Wildman–Crippen LogP) is -0.0835. The number of benzene rings is 1. The van der Waals surface area contributed by atoms with Crippen LogP contribution in [0.2, 0.25) is 0 Å². The number of nitrogens with one attached hydrogen (secondary N) is 3. The second kappa shape index (κ2) is 6.42. The van der Waals surface area contributed by atoms with E-state index in [9.17, 15) is 13.2 Å². The van der Waals surface area contributed by atoms with E-state index in [4.69, 9.17) is 0 Å². The minimum atomic E-state index is -3.55. The van der Waals surface area contributed by atoms with Crippen LogP contribution in [0, 0.1) is 6.92 Å². The molecule has 0 aromatic heterocycles. The van der Waals surface area contributed by atoms with E-state index in [1.807, 2.05) is 0 Å². The van der Waals surface area contributed by atoms with Crippen LogP contribution in [-0.4, -0.2) is 51.9 Å². The number of rotatable bonds is 4. The fourth-order valence-corrected chi connectivity index (χ4v) is 3.45. The summed E-state index contributed by atoms with van der Waals surface area (Å²) in [6, 6.07) is 4.87. The lowest BCUT2D eigenvalue weighted by Gasteiger charge is -2.27. The molecule has 1 aromatic rings. The van der Waals surface area contributed by atoms with Crippen molar-refractivity contribution in [3.63, 3.8) is 0 Å². The molecule has 1 aromatic carbocycles. The maximum absolute atomic E-state index is 12.3. The molecule has 1 saturated heterocycles. The highest BCUT2D eigenvalue weighted by Gasteiger charge is 2.24. The van der Waals surface area contributed by atoms with Gasteiger partial charge in [-0.15, -0.1) is 0 Å². The van der Waals surface area contributed by atoms with Crippen molar-refractivity contribution in [3.8, 4) is 0 Å². The van der Waals surface area contributed by atoms with Gasteiger partial charge >= 0.3 is 10.2 Å². The van der Waals surface area contributed by atoms with Crippen LogP contribution in [0.4, 0.5) is 5.69 Å². The van der Waals surface area contributed by atoms with Gasteiger partial charge in [0.1, 0.15) is 0 Å². The van der Waals surface area contributed by atoms with E-state index in [-0.39, 0.29) is 5.91 Å². The summed E-state index contributed by atoms with van der Waals surface area (Å²) in [4.78, 5) is 11.5. The molecule has 0 atom stereocenters. The zero-order chi connectivity index (χ0) is 15.5. The van der Waals surface area contributed by atoms with Crippen molar-refractivity contribution in [1.29, 1.82) is 0 Å². The Hall–Kier alpha value is -1.64. The highest BCUT2D eigenvalue weighted by molar-refractivity contribution is 7.90. The molecule has 1 fully saturated rings. The number of amides is 1. The third-order valence-electron chi connectivity index (χ3n) is 3.37. The molecule has 3 N–H and O–H groups in total. The van der Waals surface area contributed by atoms with Crippen molar-refractivity contribution in [2.45, 2.75) is 6.92 Å². The lowest BCUT2D eigenvalue weighted by atomic mass is 10.1. The molecule has 21 heavy (non-hydrogen) atoms. The minimum absolute atomic E-state index is 0.199. The molecule has 0 spiro atoms. The summed E-state index contributed by atoms with van der Waals surface area (Å²) in [5.41, 5.74) is 1.69. The van der Waals surface area contributed by atoms with Crippen LogP contribution in [0.5, 0.6) is 0 Å². The lowest BCUT2D eigenvalue weighted by molar-refractivity contribution is 0.0963. The fourth-order valence-electron chi connectivity index (χ4n) is 2.15. The maximum atomic E-state index is 12.3. The van der Waals surface area contributed by atoms with Gasteiger partial charge in [-0.2, -0.15) is 12.7 Å². The SMILES string of the molecule is CNC(=O)c1ccc(NS(=O)(=O)N2CCNCC2)c(C)c1. The van der Waals surface area contributed by atoms with Gasteiger partial charge in [0, 0.05) is 38.8 Å². The quantitative estimate of drug-likeness (QED) is 0.725. The van der Waals surface area contributed by atoms with Gasteiger partial charge in [-0.3, -0.25) is 9.52 Å². The largest absolute Gasteiger partial charge is 0.355 e. The van der Waals surface area contributed by atoms with Crippen LogP contribution in [0.15, 0.2) is 18.2 Å². The molecular weight excluding hydrogens is 292 g/mol. The third kappa shape index (κ3) is 3.72. The van der Waals surface area contributed by atoms with Crippen LogP contribution in [0.1, 0.15) is 15.9 Å². The summed E-state index contributed by atoms with van der Waals surface area (Å²) in [7, 11) is -2.00. The summed E-state index contributed by atoms with van der Waals surface area (Å²) in [5, 5.41) is 5.65. The Bertz CT molecular complexity index is 624.